The van der Waals surface area contributed by atoms with E-state index in [4.69, 9.17) is 4.74 Å². The van der Waals surface area contributed by atoms with Crippen LogP contribution in [0.15, 0.2) is 92.9 Å². The molecule has 0 unspecified atom stereocenters. The van der Waals surface area contributed by atoms with Gasteiger partial charge >= 0.3 is 0 Å². The second-order valence-corrected chi connectivity index (χ2v) is 10.5. The maximum absolute atomic E-state index is 14.1. The van der Waals surface area contributed by atoms with Gasteiger partial charge in [0, 0.05) is 21.4 Å². The van der Waals surface area contributed by atoms with Gasteiger partial charge in [-0.3, -0.25) is 19.8 Å². The summed E-state index contributed by atoms with van der Waals surface area (Å²) in [6.07, 6.45) is -0.0998. The molecule has 0 amide bonds. The monoisotopic (exact) mass is 572 g/mol. The lowest BCUT2D eigenvalue weighted by Gasteiger charge is -2.21. The highest BCUT2D eigenvalue weighted by Gasteiger charge is 2.33. The molecule has 3 aromatic carbocycles. The maximum Gasteiger partial charge on any atom is 0.275 e. The summed E-state index contributed by atoms with van der Waals surface area (Å²) in [5, 5.41) is 6.47. The first kappa shape index (κ1) is 25.6. The summed E-state index contributed by atoms with van der Waals surface area (Å²) in [4.78, 5) is 28.1. The lowest BCUT2D eigenvalue weighted by Crippen LogP contribution is -2.26. The highest BCUT2D eigenvalue weighted by Crippen LogP contribution is 2.39. The molecule has 0 radical (unpaired) electrons. The molecule has 0 spiro atoms. The van der Waals surface area contributed by atoms with Gasteiger partial charge in [0.2, 0.25) is 0 Å². The van der Waals surface area contributed by atoms with Gasteiger partial charge < -0.3 is 4.74 Å². The van der Waals surface area contributed by atoms with Crippen molar-refractivity contribution in [2.24, 2.45) is 0 Å². The Hall–Kier alpha value is -4.04. The van der Waals surface area contributed by atoms with Crippen LogP contribution in [0.2, 0.25) is 0 Å². The number of nitrogens with zero attached hydrogens (tertiary/aromatic N) is 2. The van der Waals surface area contributed by atoms with Crippen molar-refractivity contribution in [1.82, 2.24) is 19.6 Å². The minimum Gasteiger partial charge on any atom is -0.491 e. The number of benzene rings is 3. The van der Waals surface area contributed by atoms with Crippen molar-refractivity contribution < 1.29 is 4.74 Å². The van der Waals surface area contributed by atoms with Crippen LogP contribution in [-0.4, -0.2) is 25.7 Å². The third kappa shape index (κ3) is 4.67. The molecule has 0 saturated heterocycles. The Morgan fingerprint density at radius 1 is 0.737 bits per heavy atom. The van der Waals surface area contributed by atoms with Crippen LogP contribution in [0.5, 0.6) is 5.75 Å². The van der Waals surface area contributed by atoms with E-state index in [1.54, 1.807) is 0 Å². The predicted molar refractivity (Wildman–Crippen MR) is 153 cm³/mol. The van der Waals surface area contributed by atoms with Crippen molar-refractivity contribution in [3.05, 3.63) is 132 Å². The topological polar surface area (TPSA) is 84.8 Å². The van der Waals surface area contributed by atoms with E-state index in [2.05, 4.69) is 26.1 Å². The normalized spacial score (nSPS) is 11.4. The van der Waals surface area contributed by atoms with E-state index < -0.39 is 5.92 Å². The molecule has 0 aliphatic rings. The van der Waals surface area contributed by atoms with E-state index in [0.29, 0.717) is 39.6 Å². The molecule has 0 saturated carbocycles. The molecule has 5 rings (SSSR count). The molecule has 2 heterocycles. The predicted octanol–water partition coefficient (Wildman–Crippen LogP) is 5.99. The van der Waals surface area contributed by atoms with Gasteiger partial charge in [0.25, 0.3) is 11.1 Å². The number of aromatic amines is 2. The van der Waals surface area contributed by atoms with Crippen LogP contribution in [-0.2, 0) is 0 Å². The van der Waals surface area contributed by atoms with E-state index in [1.807, 2.05) is 107 Å². The first-order valence-corrected chi connectivity index (χ1v) is 13.3. The van der Waals surface area contributed by atoms with E-state index >= 15 is 0 Å². The van der Waals surface area contributed by atoms with Gasteiger partial charge in [0.05, 0.1) is 34.5 Å². The Labute approximate surface area is 228 Å². The van der Waals surface area contributed by atoms with Gasteiger partial charge in [-0.1, -0.05) is 52.3 Å². The minimum atomic E-state index is -0.691. The summed E-state index contributed by atoms with van der Waals surface area (Å²) >= 11 is 3.60. The minimum absolute atomic E-state index is 0.0998. The molecule has 194 valence electrons. The second-order valence-electron chi connectivity index (χ2n) is 9.53. The molecule has 7 nitrogen and oxygen atoms in total. The van der Waals surface area contributed by atoms with Crippen LogP contribution in [0.4, 0.5) is 0 Å². The highest BCUT2D eigenvalue weighted by molar-refractivity contribution is 9.10. The smallest absolute Gasteiger partial charge is 0.275 e. The van der Waals surface area contributed by atoms with E-state index in [0.717, 1.165) is 10.0 Å². The summed E-state index contributed by atoms with van der Waals surface area (Å²) in [6.45, 7) is 7.63. The Kier molecular flexibility index (Phi) is 6.99. The van der Waals surface area contributed by atoms with Crippen molar-refractivity contribution >= 4 is 15.9 Å². The molecule has 0 aliphatic heterocycles. The van der Waals surface area contributed by atoms with Crippen molar-refractivity contribution in [2.45, 2.75) is 39.7 Å². The van der Waals surface area contributed by atoms with Crippen LogP contribution in [0.3, 0.4) is 0 Å². The molecular weight excluding hydrogens is 544 g/mol. The summed E-state index contributed by atoms with van der Waals surface area (Å²) in [7, 11) is 0. The number of para-hydroxylation sites is 2. The van der Waals surface area contributed by atoms with E-state index in [-0.39, 0.29) is 17.2 Å². The molecule has 0 atom stereocenters. The number of halogens is 1. The molecule has 0 fully saturated rings. The first-order chi connectivity index (χ1) is 18.3. The number of hydrogen-bond acceptors (Lipinski definition) is 3. The Bertz CT molecular complexity index is 1600. The highest BCUT2D eigenvalue weighted by atomic mass is 79.9. The molecule has 38 heavy (non-hydrogen) atoms. The zero-order chi connectivity index (χ0) is 27.0. The third-order valence-electron chi connectivity index (χ3n) is 6.49. The molecule has 2 aromatic heterocycles. The maximum atomic E-state index is 14.1. The van der Waals surface area contributed by atoms with Crippen molar-refractivity contribution in [2.75, 3.05) is 0 Å². The number of ether oxygens (including phenoxy) is 1. The number of rotatable bonds is 7. The Balaban J connectivity index is 1.82. The summed E-state index contributed by atoms with van der Waals surface area (Å²) in [6, 6.07) is 24.5. The largest absolute Gasteiger partial charge is 0.491 e. The standard InChI is InChI=1S/C30H29BrN4O3/c1-18(2)38-25-16-15-21(31)17-24(25)28(26-19(3)32-34(29(26)36)22-11-7-5-8-12-22)27-20(4)33-35(30(27)37)23-13-9-6-10-14-23/h5-18,28,32-33H,1-4H3. The fourth-order valence-electron chi connectivity index (χ4n) is 4.88. The van der Waals surface area contributed by atoms with Crippen molar-refractivity contribution in [3.8, 4) is 17.1 Å². The van der Waals surface area contributed by atoms with E-state index in [1.165, 1.54) is 9.36 Å². The van der Waals surface area contributed by atoms with Gasteiger partial charge in [-0.2, -0.15) is 0 Å². The lowest BCUT2D eigenvalue weighted by atomic mass is 9.84. The van der Waals surface area contributed by atoms with Crippen molar-refractivity contribution in [3.63, 3.8) is 0 Å². The number of H-pyrrole nitrogens is 2. The average Bonchev–Trinajstić information content (AvgIpc) is 3.37. The Morgan fingerprint density at radius 2 is 1.21 bits per heavy atom. The molecule has 8 heteroatoms. The fraction of sp³-hybridized carbons (Fsp3) is 0.200. The summed E-state index contributed by atoms with van der Waals surface area (Å²) < 4.78 is 10.1. The molecule has 2 N–H and O–H groups in total. The zero-order valence-electron chi connectivity index (χ0n) is 21.7. The molecular formula is C30H29BrN4O3. The average molecular weight is 573 g/mol. The number of aryl methyl sites for hydroxylation is 2. The van der Waals surface area contributed by atoms with Crippen LogP contribution in [0.1, 0.15) is 47.8 Å². The number of nitrogens with one attached hydrogen (secondary N) is 2. The SMILES string of the molecule is Cc1[nH]n(-c2ccccc2)c(=O)c1C(c1cc(Br)ccc1OC(C)C)c1c(C)[nH]n(-c2ccccc2)c1=O. The molecule has 5 aromatic rings. The quantitative estimate of drug-likeness (QED) is 0.251. The van der Waals surface area contributed by atoms with Gasteiger partial charge in [0.15, 0.2) is 0 Å². The van der Waals surface area contributed by atoms with Gasteiger partial charge in [-0.25, -0.2) is 9.36 Å². The fourth-order valence-corrected chi connectivity index (χ4v) is 5.26. The molecule has 0 aliphatic carbocycles. The Morgan fingerprint density at radius 3 is 1.66 bits per heavy atom. The van der Waals surface area contributed by atoms with Gasteiger partial charge in [-0.15, -0.1) is 0 Å². The van der Waals surface area contributed by atoms with Gasteiger partial charge in [0.1, 0.15) is 5.75 Å². The van der Waals surface area contributed by atoms with Gasteiger partial charge in [-0.05, 0) is 70.2 Å². The summed E-state index contributed by atoms with van der Waals surface area (Å²) in [5.41, 5.74) is 4.03. The first-order valence-electron chi connectivity index (χ1n) is 12.5. The van der Waals surface area contributed by atoms with Crippen LogP contribution >= 0.6 is 15.9 Å². The van der Waals surface area contributed by atoms with Crippen LogP contribution in [0, 0.1) is 13.8 Å². The summed E-state index contributed by atoms with van der Waals surface area (Å²) in [5.74, 6) is -0.0746. The van der Waals surface area contributed by atoms with Crippen molar-refractivity contribution in [1.29, 1.82) is 0 Å². The number of hydrogen-bond donors (Lipinski definition) is 2. The lowest BCUT2D eigenvalue weighted by molar-refractivity contribution is 0.239. The molecule has 0 bridgehead atoms. The third-order valence-corrected chi connectivity index (χ3v) is 6.98. The number of aromatic nitrogens is 4. The van der Waals surface area contributed by atoms with Crippen LogP contribution in [0.25, 0.3) is 11.4 Å². The van der Waals surface area contributed by atoms with E-state index in [9.17, 15) is 9.59 Å². The second kappa shape index (κ2) is 10.4. The zero-order valence-corrected chi connectivity index (χ0v) is 23.2. The van der Waals surface area contributed by atoms with Crippen LogP contribution < -0.4 is 15.9 Å².